The van der Waals surface area contributed by atoms with E-state index in [0.717, 1.165) is 19.3 Å². The molecule has 110 valence electrons. The second-order valence-electron chi connectivity index (χ2n) is 4.78. The number of amides is 1. The van der Waals surface area contributed by atoms with Crippen LogP contribution in [0.1, 0.15) is 37.5 Å². The average Bonchev–Trinajstić information content (AvgIpc) is 2.88. The van der Waals surface area contributed by atoms with E-state index in [2.05, 4.69) is 22.8 Å². The number of nitrogens with one attached hydrogen (secondary N) is 1. The third kappa shape index (κ3) is 9.03. The maximum absolute atomic E-state index is 11.5. The van der Waals surface area contributed by atoms with Gasteiger partial charge in [0.25, 0.3) is 0 Å². The minimum Gasteiger partial charge on any atom is -0.356 e. The van der Waals surface area contributed by atoms with E-state index >= 15 is 0 Å². The summed E-state index contributed by atoms with van der Waals surface area (Å²) in [5.41, 5.74) is 5.49. The molecule has 1 aromatic heterocycles. The zero-order valence-electron chi connectivity index (χ0n) is 11.6. The molecule has 0 aromatic carbocycles. The highest BCUT2D eigenvalue weighted by Crippen LogP contribution is 2.13. The van der Waals surface area contributed by atoms with Crippen molar-refractivity contribution in [1.29, 1.82) is 0 Å². The summed E-state index contributed by atoms with van der Waals surface area (Å²) in [5.74, 6) is 0.527. The Balaban J connectivity index is 0.00000324. The summed E-state index contributed by atoms with van der Waals surface area (Å²) in [7, 11) is 0. The van der Waals surface area contributed by atoms with E-state index in [9.17, 15) is 4.79 Å². The van der Waals surface area contributed by atoms with Crippen LogP contribution in [0.4, 0.5) is 0 Å². The molecule has 1 heterocycles. The van der Waals surface area contributed by atoms with Crippen molar-refractivity contribution >= 4 is 29.7 Å². The number of unbranched alkanes of at least 4 members (excludes halogenated alkanes) is 2. The highest BCUT2D eigenvalue weighted by atomic mass is 35.5. The van der Waals surface area contributed by atoms with Crippen LogP contribution in [0.5, 0.6) is 0 Å². The number of rotatable bonds is 9. The Bertz CT molecular complexity index is 330. The Morgan fingerprint density at radius 1 is 1.42 bits per heavy atom. The molecule has 1 amide bonds. The summed E-state index contributed by atoms with van der Waals surface area (Å²) < 4.78 is 0. The molecule has 0 fully saturated rings. The summed E-state index contributed by atoms with van der Waals surface area (Å²) >= 11 is 1.81. The summed E-state index contributed by atoms with van der Waals surface area (Å²) in [4.78, 5) is 12.9. The van der Waals surface area contributed by atoms with E-state index < -0.39 is 0 Å². The monoisotopic (exact) mass is 304 g/mol. The van der Waals surface area contributed by atoms with Gasteiger partial charge in [0.1, 0.15) is 0 Å². The van der Waals surface area contributed by atoms with Crippen LogP contribution in [0.25, 0.3) is 0 Å². The van der Waals surface area contributed by atoms with E-state index in [4.69, 9.17) is 5.73 Å². The third-order valence-electron chi connectivity index (χ3n) is 2.96. The number of carbonyl (C=O) groups is 1. The lowest BCUT2D eigenvalue weighted by molar-refractivity contribution is -0.121. The number of halogens is 1. The molecule has 1 atom stereocenters. The smallest absolute Gasteiger partial charge is 0.220 e. The minimum absolute atomic E-state index is 0. The molecule has 0 saturated carbocycles. The normalized spacial score (nSPS) is 11.7. The average molecular weight is 305 g/mol. The fourth-order valence-corrected chi connectivity index (χ4v) is 2.43. The number of nitrogens with two attached hydrogens (primary N) is 1. The van der Waals surface area contributed by atoms with Gasteiger partial charge in [-0.05, 0) is 43.2 Å². The van der Waals surface area contributed by atoms with Crippen LogP contribution in [0.3, 0.4) is 0 Å². The van der Waals surface area contributed by atoms with Crippen molar-refractivity contribution in [3.05, 3.63) is 22.4 Å². The number of hydrogen-bond donors (Lipinski definition) is 2. The lowest BCUT2D eigenvalue weighted by atomic mass is 10.1. The first-order valence-corrected chi connectivity index (χ1v) is 7.59. The van der Waals surface area contributed by atoms with Crippen molar-refractivity contribution in [3.63, 3.8) is 0 Å². The Kier molecular flexibility index (Phi) is 10.9. The molecule has 19 heavy (non-hydrogen) atoms. The van der Waals surface area contributed by atoms with E-state index in [1.165, 1.54) is 11.3 Å². The van der Waals surface area contributed by atoms with Crippen LogP contribution < -0.4 is 11.1 Å². The molecule has 0 saturated heterocycles. The van der Waals surface area contributed by atoms with Crippen molar-refractivity contribution in [2.75, 3.05) is 13.1 Å². The topological polar surface area (TPSA) is 55.1 Å². The molecular weight excluding hydrogens is 280 g/mol. The molecule has 1 unspecified atom stereocenters. The summed E-state index contributed by atoms with van der Waals surface area (Å²) in [6.07, 6.45) is 5.06. The Morgan fingerprint density at radius 3 is 2.84 bits per heavy atom. The maximum Gasteiger partial charge on any atom is 0.220 e. The van der Waals surface area contributed by atoms with E-state index in [1.54, 1.807) is 0 Å². The van der Waals surface area contributed by atoms with Crippen molar-refractivity contribution in [3.8, 4) is 0 Å². The Labute approximate surface area is 126 Å². The van der Waals surface area contributed by atoms with Crippen molar-refractivity contribution in [2.24, 2.45) is 11.7 Å². The third-order valence-corrected chi connectivity index (χ3v) is 3.89. The molecule has 3 nitrogen and oxygen atoms in total. The van der Waals surface area contributed by atoms with Gasteiger partial charge in [-0.3, -0.25) is 4.79 Å². The van der Waals surface area contributed by atoms with Crippen LogP contribution in [0.2, 0.25) is 0 Å². The molecule has 0 radical (unpaired) electrons. The van der Waals surface area contributed by atoms with Crippen molar-refractivity contribution in [1.82, 2.24) is 5.32 Å². The van der Waals surface area contributed by atoms with E-state index in [0.29, 0.717) is 25.4 Å². The number of aryl methyl sites for hydroxylation is 1. The van der Waals surface area contributed by atoms with Gasteiger partial charge in [-0.1, -0.05) is 19.4 Å². The van der Waals surface area contributed by atoms with Gasteiger partial charge in [0.05, 0.1) is 0 Å². The molecule has 0 aliphatic heterocycles. The summed E-state index contributed by atoms with van der Waals surface area (Å²) in [6, 6.07) is 4.26. The molecule has 1 rings (SSSR count). The SMILES string of the molecule is CC(CN)CNC(=O)CCCCCc1cccs1.Cl. The van der Waals surface area contributed by atoms with Gasteiger partial charge in [-0.25, -0.2) is 0 Å². The lowest BCUT2D eigenvalue weighted by Gasteiger charge is -2.09. The first kappa shape index (κ1) is 18.4. The molecule has 5 heteroatoms. The lowest BCUT2D eigenvalue weighted by Crippen LogP contribution is -2.31. The predicted molar refractivity (Wildman–Crippen MR) is 85.0 cm³/mol. The van der Waals surface area contributed by atoms with Crippen LogP contribution in [0, 0.1) is 5.92 Å². The minimum atomic E-state index is 0. The van der Waals surface area contributed by atoms with Crippen molar-refractivity contribution in [2.45, 2.75) is 39.0 Å². The molecule has 0 spiro atoms. The van der Waals surface area contributed by atoms with Gasteiger partial charge in [-0.2, -0.15) is 0 Å². The summed E-state index contributed by atoms with van der Waals surface area (Å²) in [5, 5.41) is 5.03. The first-order chi connectivity index (χ1) is 8.72. The fourth-order valence-electron chi connectivity index (χ4n) is 1.68. The molecule has 0 aliphatic rings. The van der Waals surface area contributed by atoms with Gasteiger partial charge < -0.3 is 11.1 Å². The predicted octanol–water partition coefficient (Wildman–Crippen LogP) is 2.98. The highest BCUT2D eigenvalue weighted by molar-refractivity contribution is 7.09. The van der Waals surface area contributed by atoms with Crippen LogP contribution in [-0.4, -0.2) is 19.0 Å². The molecule has 1 aromatic rings. The van der Waals surface area contributed by atoms with Gasteiger partial charge in [-0.15, -0.1) is 23.7 Å². The second kappa shape index (κ2) is 11.3. The summed E-state index contributed by atoms with van der Waals surface area (Å²) in [6.45, 7) is 3.37. The molecule has 0 aliphatic carbocycles. The van der Waals surface area contributed by atoms with Gasteiger partial charge in [0, 0.05) is 17.8 Å². The molecule has 3 N–H and O–H groups in total. The standard InChI is InChI=1S/C14H24N2OS.ClH/c1-12(10-15)11-16-14(17)8-4-2-3-6-13-7-5-9-18-13;/h5,7,9,12H,2-4,6,8,10-11,15H2,1H3,(H,16,17);1H. The number of hydrogen-bond acceptors (Lipinski definition) is 3. The maximum atomic E-state index is 11.5. The molecular formula is C14H25ClN2OS. The van der Waals surface area contributed by atoms with E-state index in [-0.39, 0.29) is 18.3 Å². The fraction of sp³-hybridized carbons (Fsp3) is 0.643. The van der Waals surface area contributed by atoms with Crippen LogP contribution in [-0.2, 0) is 11.2 Å². The number of carbonyl (C=O) groups excluding carboxylic acids is 1. The largest absolute Gasteiger partial charge is 0.356 e. The van der Waals surface area contributed by atoms with Gasteiger partial charge in [0.2, 0.25) is 5.91 Å². The second-order valence-corrected chi connectivity index (χ2v) is 5.82. The number of thiophene rings is 1. The van der Waals surface area contributed by atoms with Crippen molar-refractivity contribution < 1.29 is 4.79 Å². The highest BCUT2D eigenvalue weighted by Gasteiger charge is 2.03. The Morgan fingerprint density at radius 2 is 2.21 bits per heavy atom. The van der Waals surface area contributed by atoms with Crippen LogP contribution in [0.15, 0.2) is 17.5 Å². The van der Waals surface area contributed by atoms with E-state index in [1.807, 2.05) is 18.3 Å². The quantitative estimate of drug-likeness (QED) is 0.689. The van der Waals surface area contributed by atoms with Gasteiger partial charge >= 0.3 is 0 Å². The Hall–Kier alpha value is -0.580. The zero-order valence-corrected chi connectivity index (χ0v) is 13.2. The molecule has 0 bridgehead atoms. The van der Waals surface area contributed by atoms with Crippen LogP contribution >= 0.6 is 23.7 Å². The van der Waals surface area contributed by atoms with Gasteiger partial charge in [0.15, 0.2) is 0 Å². The first-order valence-electron chi connectivity index (χ1n) is 6.71. The zero-order chi connectivity index (χ0) is 13.2.